The summed E-state index contributed by atoms with van der Waals surface area (Å²) in [6.45, 7) is 9.30. The highest BCUT2D eigenvalue weighted by atomic mass is 35.5. The minimum absolute atomic E-state index is 0.0852. The number of halogens is 1. The maximum Gasteiger partial charge on any atom is 0.227 e. The van der Waals surface area contributed by atoms with E-state index in [0.717, 1.165) is 11.1 Å². The van der Waals surface area contributed by atoms with Crippen molar-refractivity contribution in [2.75, 3.05) is 19.0 Å². The van der Waals surface area contributed by atoms with Gasteiger partial charge in [0.05, 0.1) is 24.0 Å². The average Bonchev–Trinajstić information content (AvgIpc) is 2.41. The maximum absolute atomic E-state index is 12.6. The van der Waals surface area contributed by atoms with Gasteiger partial charge in [-0.05, 0) is 38.8 Å². The second-order valence-corrected chi connectivity index (χ2v) is 6.84. The molecule has 1 saturated heterocycles. The molecule has 1 aliphatic rings. The molecule has 3 nitrogen and oxygen atoms in total. The van der Waals surface area contributed by atoms with Crippen molar-refractivity contribution in [2.45, 2.75) is 45.8 Å². The van der Waals surface area contributed by atoms with Gasteiger partial charge in [-0.3, -0.25) is 4.79 Å². The SMILES string of the molecule is Cc1ccc(C)c(CC(=O)N2CC(CCl)OC(C)(C)C2)c1. The molecule has 0 saturated carbocycles. The number of hydrogen-bond acceptors (Lipinski definition) is 2. The number of amides is 1. The highest BCUT2D eigenvalue weighted by Gasteiger charge is 2.35. The molecule has 1 unspecified atom stereocenters. The summed E-state index contributed by atoms with van der Waals surface area (Å²) in [5.74, 6) is 0.562. The van der Waals surface area contributed by atoms with Crippen molar-refractivity contribution in [1.29, 1.82) is 0 Å². The largest absolute Gasteiger partial charge is 0.367 e. The monoisotopic (exact) mass is 309 g/mol. The van der Waals surface area contributed by atoms with Crippen LogP contribution in [0.3, 0.4) is 0 Å². The molecule has 1 aliphatic heterocycles. The molecule has 0 spiro atoms. The Hall–Kier alpha value is -1.06. The van der Waals surface area contributed by atoms with Crippen LogP contribution >= 0.6 is 11.6 Å². The average molecular weight is 310 g/mol. The van der Waals surface area contributed by atoms with E-state index in [1.807, 2.05) is 25.7 Å². The van der Waals surface area contributed by atoms with E-state index in [4.69, 9.17) is 16.3 Å². The Kier molecular flexibility index (Phi) is 4.95. The normalized spacial score (nSPS) is 21.4. The van der Waals surface area contributed by atoms with Gasteiger partial charge < -0.3 is 9.64 Å². The highest BCUT2D eigenvalue weighted by molar-refractivity contribution is 6.18. The Balaban J connectivity index is 2.10. The van der Waals surface area contributed by atoms with Gasteiger partial charge in [0.25, 0.3) is 0 Å². The highest BCUT2D eigenvalue weighted by Crippen LogP contribution is 2.23. The zero-order chi connectivity index (χ0) is 15.6. The van der Waals surface area contributed by atoms with Gasteiger partial charge in [-0.15, -0.1) is 11.6 Å². The topological polar surface area (TPSA) is 29.5 Å². The standard InChI is InChI=1S/C17H24ClNO2/c1-12-5-6-13(2)14(7-12)8-16(20)19-10-15(9-18)21-17(3,4)11-19/h5-7,15H,8-11H2,1-4H3. The fraction of sp³-hybridized carbons (Fsp3) is 0.588. The third-order valence-corrected chi connectivity index (χ3v) is 4.20. The number of benzene rings is 1. The number of alkyl halides is 1. The first kappa shape index (κ1) is 16.3. The molecule has 1 aromatic carbocycles. The summed E-state index contributed by atoms with van der Waals surface area (Å²) in [5, 5.41) is 0. The molecule has 116 valence electrons. The van der Waals surface area contributed by atoms with Crippen molar-refractivity contribution in [3.05, 3.63) is 34.9 Å². The van der Waals surface area contributed by atoms with Gasteiger partial charge in [0, 0.05) is 13.1 Å². The van der Waals surface area contributed by atoms with Crippen LogP contribution in [0.1, 0.15) is 30.5 Å². The van der Waals surface area contributed by atoms with E-state index < -0.39 is 0 Å². The van der Waals surface area contributed by atoms with Crippen molar-refractivity contribution in [1.82, 2.24) is 4.90 Å². The van der Waals surface area contributed by atoms with E-state index in [2.05, 4.69) is 25.1 Å². The smallest absolute Gasteiger partial charge is 0.227 e. The van der Waals surface area contributed by atoms with Crippen LogP contribution < -0.4 is 0 Å². The number of hydrogen-bond donors (Lipinski definition) is 0. The number of rotatable bonds is 3. The minimum atomic E-state index is -0.338. The molecule has 1 atom stereocenters. The van der Waals surface area contributed by atoms with E-state index in [1.54, 1.807) is 0 Å². The number of carbonyl (C=O) groups excluding carboxylic acids is 1. The van der Waals surface area contributed by atoms with Gasteiger partial charge in [-0.25, -0.2) is 0 Å². The summed E-state index contributed by atoms with van der Waals surface area (Å²) in [7, 11) is 0. The summed E-state index contributed by atoms with van der Waals surface area (Å²) >= 11 is 5.92. The molecule has 0 aromatic heterocycles. The van der Waals surface area contributed by atoms with Crippen LogP contribution in [-0.2, 0) is 16.0 Å². The second-order valence-electron chi connectivity index (χ2n) is 6.53. The molecule has 1 heterocycles. The lowest BCUT2D eigenvalue weighted by Crippen LogP contribution is -2.55. The minimum Gasteiger partial charge on any atom is -0.367 e. The van der Waals surface area contributed by atoms with Crippen molar-refractivity contribution in [2.24, 2.45) is 0 Å². The predicted octanol–water partition coefficient (Wildman–Crippen LogP) is 3.09. The van der Waals surface area contributed by atoms with Crippen molar-refractivity contribution in [3.63, 3.8) is 0 Å². The maximum atomic E-state index is 12.6. The van der Waals surface area contributed by atoms with E-state index in [9.17, 15) is 4.79 Å². The quantitative estimate of drug-likeness (QED) is 0.803. The van der Waals surface area contributed by atoms with Crippen LogP contribution in [0.2, 0.25) is 0 Å². The molecular weight excluding hydrogens is 286 g/mol. The molecule has 0 N–H and O–H groups in total. The van der Waals surface area contributed by atoms with E-state index in [1.165, 1.54) is 5.56 Å². The second kappa shape index (κ2) is 6.37. The van der Waals surface area contributed by atoms with Crippen molar-refractivity contribution >= 4 is 17.5 Å². The van der Waals surface area contributed by atoms with Crippen LogP contribution in [0.15, 0.2) is 18.2 Å². The first-order chi connectivity index (χ1) is 9.80. The van der Waals surface area contributed by atoms with Crippen LogP contribution in [-0.4, -0.2) is 41.5 Å². The third-order valence-electron chi connectivity index (χ3n) is 3.85. The molecule has 0 bridgehead atoms. The number of ether oxygens (including phenoxy) is 1. The lowest BCUT2D eigenvalue weighted by Gasteiger charge is -2.42. The van der Waals surface area contributed by atoms with Crippen LogP contribution in [0.4, 0.5) is 0 Å². The van der Waals surface area contributed by atoms with Crippen molar-refractivity contribution in [3.8, 4) is 0 Å². The molecular formula is C17H24ClNO2. The van der Waals surface area contributed by atoms with E-state index >= 15 is 0 Å². The summed E-state index contributed by atoms with van der Waals surface area (Å²) in [6.07, 6.45) is 0.358. The van der Waals surface area contributed by atoms with Crippen LogP contribution in [0.5, 0.6) is 0 Å². The Labute approximate surface area is 132 Å². The van der Waals surface area contributed by atoms with Gasteiger partial charge in [0.15, 0.2) is 0 Å². The molecule has 1 fully saturated rings. The number of carbonyl (C=O) groups is 1. The predicted molar refractivity (Wildman–Crippen MR) is 85.9 cm³/mol. The molecule has 2 rings (SSSR count). The molecule has 21 heavy (non-hydrogen) atoms. The zero-order valence-electron chi connectivity index (χ0n) is 13.3. The summed E-state index contributed by atoms with van der Waals surface area (Å²) < 4.78 is 5.87. The van der Waals surface area contributed by atoms with Crippen LogP contribution in [0, 0.1) is 13.8 Å². The summed E-state index contributed by atoms with van der Waals surface area (Å²) in [4.78, 5) is 14.5. The third kappa shape index (κ3) is 4.21. The first-order valence-corrected chi connectivity index (χ1v) is 7.92. The molecule has 1 amide bonds. The van der Waals surface area contributed by atoms with Gasteiger partial charge in [-0.2, -0.15) is 0 Å². The van der Waals surface area contributed by atoms with Gasteiger partial charge >= 0.3 is 0 Å². The molecule has 4 heteroatoms. The fourth-order valence-corrected chi connectivity index (χ4v) is 2.99. The molecule has 1 aromatic rings. The Morgan fingerprint density at radius 1 is 1.43 bits per heavy atom. The Bertz CT molecular complexity index is 528. The fourth-order valence-electron chi connectivity index (χ4n) is 2.83. The summed E-state index contributed by atoms with van der Waals surface area (Å²) in [5.41, 5.74) is 3.11. The Morgan fingerprint density at radius 3 is 2.81 bits per heavy atom. The van der Waals surface area contributed by atoms with E-state index in [-0.39, 0.29) is 17.6 Å². The lowest BCUT2D eigenvalue weighted by molar-refractivity contribution is -0.156. The van der Waals surface area contributed by atoms with Gasteiger partial charge in [0.2, 0.25) is 5.91 Å². The van der Waals surface area contributed by atoms with Crippen molar-refractivity contribution < 1.29 is 9.53 Å². The lowest BCUT2D eigenvalue weighted by atomic mass is 10.0. The molecule has 0 aliphatic carbocycles. The molecule has 0 radical (unpaired) electrons. The summed E-state index contributed by atoms with van der Waals surface area (Å²) in [6, 6.07) is 6.24. The first-order valence-electron chi connectivity index (χ1n) is 7.38. The zero-order valence-corrected chi connectivity index (χ0v) is 14.0. The van der Waals surface area contributed by atoms with Crippen LogP contribution in [0.25, 0.3) is 0 Å². The Morgan fingerprint density at radius 2 is 2.14 bits per heavy atom. The van der Waals surface area contributed by atoms with Gasteiger partial charge in [-0.1, -0.05) is 23.8 Å². The van der Waals surface area contributed by atoms with Gasteiger partial charge in [0.1, 0.15) is 0 Å². The van der Waals surface area contributed by atoms with E-state index in [0.29, 0.717) is 25.4 Å². The number of morpholine rings is 1. The number of aryl methyl sites for hydroxylation is 2. The number of nitrogens with zero attached hydrogens (tertiary/aromatic N) is 1.